The van der Waals surface area contributed by atoms with Crippen LogP contribution in [0.4, 0.5) is 0 Å². The summed E-state index contributed by atoms with van der Waals surface area (Å²) in [6.45, 7) is 0.0694. The van der Waals surface area contributed by atoms with E-state index in [0.717, 1.165) is 10.8 Å². The van der Waals surface area contributed by atoms with Crippen molar-refractivity contribution in [3.05, 3.63) is 42.0 Å². The van der Waals surface area contributed by atoms with Crippen molar-refractivity contribution in [3.63, 3.8) is 0 Å². The first-order chi connectivity index (χ1) is 11.0. The Morgan fingerprint density at radius 2 is 1.61 bits per heavy atom. The molecule has 0 fully saturated rings. The average molecular weight is 317 g/mol. The van der Waals surface area contributed by atoms with Crippen LogP contribution in [-0.4, -0.2) is 49.3 Å². The van der Waals surface area contributed by atoms with Gasteiger partial charge in [0.15, 0.2) is 0 Å². The average Bonchev–Trinajstić information content (AvgIpc) is 2.57. The second-order valence-electron chi connectivity index (χ2n) is 5.08. The largest absolute Gasteiger partial charge is 0.508 e. The van der Waals surface area contributed by atoms with Gasteiger partial charge < -0.3 is 14.6 Å². The van der Waals surface area contributed by atoms with Gasteiger partial charge in [0.05, 0.1) is 27.3 Å². The summed E-state index contributed by atoms with van der Waals surface area (Å²) in [7, 11) is 2.57. The molecule has 0 saturated heterocycles. The van der Waals surface area contributed by atoms with E-state index in [9.17, 15) is 14.7 Å². The van der Waals surface area contributed by atoms with Crippen LogP contribution in [0.1, 0.15) is 5.56 Å². The third kappa shape index (κ3) is 4.20. The Balaban J connectivity index is 2.33. The number of esters is 2. The minimum absolute atomic E-state index is 0.0751. The van der Waals surface area contributed by atoms with Crippen molar-refractivity contribution in [1.82, 2.24) is 4.90 Å². The van der Waals surface area contributed by atoms with E-state index in [4.69, 9.17) is 0 Å². The molecule has 0 bridgehead atoms. The summed E-state index contributed by atoms with van der Waals surface area (Å²) < 4.78 is 9.31. The van der Waals surface area contributed by atoms with Crippen molar-refractivity contribution >= 4 is 22.7 Å². The zero-order chi connectivity index (χ0) is 16.8. The van der Waals surface area contributed by atoms with E-state index in [1.165, 1.54) is 14.2 Å². The van der Waals surface area contributed by atoms with Gasteiger partial charge in [-0.25, -0.2) is 0 Å². The van der Waals surface area contributed by atoms with Crippen LogP contribution in [0.2, 0.25) is 0 Å². The minimum atomic E-state index is -0.464. The van der Waals surface area contributed by atoms with E-state index < -0.39 is 11.9 Å². The van der Waals surface area contributed by atoms with E-state index in [-0.39, 0.29) is 25.4 Å². The fourth-order valence-corrected chi connectivity index (χ4v) is 2.38. The number of benzene rings is 2. The zero-order valence-corrected chi connectivity index (χ0v) is 13.1. The van der Waals surface area contributed by atoms with Crippen LogP contribution in [0.5, 0.6) is 5.75 Å². The summed E-state index contributed by atoms with van der Waals surface area (Å²) in [5.74, 6) is -0.814. The molecule has 0 saturated carbocycles. The highest BCUT2D eigenvalue weighted by atomic mass is 16.5. The summed E-state index contributed by atoms with van der Waals surface area (Å²) in [5, 5.41) is 12.0. The molecule has 23 heavy (non-hydrogen) atoms. The summed E-state index contributed by atoms with van der Waals surface area (Å²) in [6, 6.07) is 11.0. The molecule has 2 aromatic rings. The van der Waals surface area contributed by atoms with Crippen LogP contribution >= 0.6 is 0 Å². The Morgan fingerprint density at radius 1 is 1.00 bits per heavy atom. The lowest BCUT2D eigenvalue weighted by molar-refractivity contribution is -0.145. The lowest BCUT2D eigenvalue weighted by Crippen LogP contribution is -2.35. The first kappa shape index (κ1) is 16.8. The third-order valence-electron chi connectivity index (χ3n) is 3.56. The molecule has 0 amide bonds. The van der Waals surface area contributed by atoms with E-state index in [0.29, 0.717) is 5.56 Å². The normalized spacial score (nSPS) is 10.7. The fraction of sp³-hybridized carbons (Fsp3) is 0.294. The molecule has 0 radical (unpaired) electrons. The van der Waals surface area contributed by atoms with Gasteiger partial charge in [-0.2, -0.15) is 0 Å². The number of hydrogen-bond donors (Lipinski definition) is 1. The van der Waals surface area contributed by atoms with Gasteiger partial charge in [-0.1, -0.05) is 30.3 Å². The maximum atomic E-state index is 11.6. The second kappa shape index (κ2) is 7.60. The van der Waals surface area contributed by atoms with Gasteiger partial charge in [0.2, 0.25) is 0 Å². The molecule has 0 unspecified atom stereocenters. The molecule has 0 heterocycles. The quantitative estimate of drug-likeness (QED) is 0.817. The van der Waals surface area contributed by atoms with E-state index in [1.807, 2.05) is 30.3 Å². The predicted octanol–water partition coefficient (Wildman–Crippen LogP) is 1.69. The lowest BCUT2D eigenvalue weighted by atomic mass is 10.0. The van der Waals surface area contributed by atoms with Gasteiger partial charge in [0.25, 0.3) is 0 Å². The molecule has 2 rings (SSSR count). The summed E-state index contributed by atoms with van der Waals surface area (Å²) in [4.78, 5) is 24.7. The van der Waals surface area contributed by atoms with Crippen LogP contribution in [0, 0.1) is 0 Å². The molecule has 0 aromatic heterocycles. The molecule has 2 aromatic carbocycles. The number of fused-ring (bicyclic) bond motifs is 1. The summed E-state index contributed by atoms with van der Waals surface area (Å²) in [5.41, 5.74) is 0.649. The van der Waals surface area contributed by atoms with E-state index in [2.05, 4.69) is 9.47 Å². The molecular formula is C17H19NO5. The van der Waals surface area contributed by atoms with Gasteiger partial charge in [-0.15, -0.1) is 0 Å². The van der Waals surface area contributed by atoms with Gasteiger partial charge in [-0.05, 0) is 16.8 Å². The van der Waals surface area contributed by atoms with Crippen LogP contribution in [0.25, 0.3) is 10.8 Å². The van der Waals surface area contributed by atoms with Crippen LogP contribution in [0.15, 0.2) is 36.4 Å². The molecule has 6 heteroatoms. The van der Waals surface area contributed by atoms with Crippen molar-refractivity contribution in [3.8, 4) is 5.75 Å². The molecule has 1 N–H and O–H groups in total. The number of ether oxygens (including phenoxy) is 2. The first-order valence-corrected chi connectivity index (χ1v) is 7.10. The number of carbonyl (C=O) groups is 2. The van der Waals surface area contributed by atoms with E-state index in [1.54, 1.807) is 11.0 Å². The molecule has 0 atom stereocenters. The lowest BCUT2D eigenvalue weighted by Gasteiger charge is -2.21. The predicted molar refractivity (Wildman–Crippen MR) is 84.9 cm³/mol. The minimum Gasteiger partial charge on any atom is -0.508 e. The summed E-state index contributed by atoms with van der Waals surface area (Å²) in [6.07, 6.45) is 0. The second-order valence-corrected chi connectivity index (χ2v) is 5.08. The topological polar surface area (TPSA) is 76.1 Å². The molecule has 6 nitrogen and oxygen atoms in total. The Hall–Kier alpha value is -2.60. The highest BCUT2D eigenvalue weighted by molar-refractivity contribution is 5.87. The monoisotopic (exact) mass is 317 g/mol. The number of carbonyl (C=O) groups excluding carboxylic acids is 2. The highest BCUT2D eigenvalue weighted by Crippen LogP contribution is 2.28. The Kier molecular flexibility index (Phi) is 5.54. The van der Waals surface area contributed by atoms with Crippen LogP contribution < -0.4 is 0 Å². The Morgan fingerprint density at radius 3 is 2.22 bits per heavy atom. The van der Waals surface area contributed by atoms with Crippen LogP contribution in [0.3, 0.4) is 0 Å². The van der Waals surface area contributed by atoms with Crippen LogP contribution in [-0.2, 0) is 25.6 Å². The number of hydrogen-bond acceptors (Lipinski definition) is 6. The maximum Gasteiger partial charge on any atom is 0.319 e. The third-order valence-corrected chi connectivity index (χ3v) is 3.56. The van der Waals surface area contributed by atoms with Gasteiger partial charge in [0.1, 0.15) is 5.75 Å². The highest BCUT2D eigenvalue weighted by Gasteiger charge is 2.18. The zero-order valence-electron chi connectivity index (χ0n) is 13.1. The first-order valence-electron chi connectivity index (χ1n) is 7.10. The Bertz CT molecular complexity index is 695. The SMILES string of the molecule is COC(=O)CN(CC(=O)OC)Cc1c(O)ccc2ccccc12. The standard InChI is InChI=1S/C17H19NO5/c1-22-16(20)10-18(11-17(21)23-2)9-14-13-6-4-3-5-12(13)7-8-15(14)19/h3-8,19H,9-11H2,1-2H3. The number of phenols is 1. The molecule has 0 aliphatic rings. The molecular weight excluding hydrogens is 298 g/mol. The van der Waals surface area contributed by atoms with Crippen molar-refractivity contribution in [1.29, 1.82) is 0 Å². The van der Waals surface area contributed by atoms with Crippen molar-refractivity contribution < 1.29 is 24.2 Å². The van der Waals surface area contributed by atoms with E-state index >= 15 is 0 Å². The van der Waals surface area contributed by atoms with Gasteiger partial charge >= 0.3 is 11.9 Å². The molecule has 122 valence electrons. The number of nitrogens with zero attached hydrogens (tertiary/aromatic N) is 1. The smallest absolute Gasteiger partial charge is 0.319 e. The van der Waals surface area contributed by atoms with Gasteiger partial charge in [0, 0.05) is 12.1 Å². The number of aromatic hydroxyl groups is 1. The number of methoxy groups -OCH3 is 2. The Labute approximate surface area is 134 Å². The van der Waals surface area contributed by atoms with Crippen molar-refractivity contribution in [2.45, 2.75) is 6.54 Å². The van der Waals surface area contributed by atoms with Crippen molar-refractivity contribution in [2.24, 2.45) is 0 Å². The van der Waals surface area contributed by atoms with Crippen molar-refractivity contribution in [2.75, 3.05) is 27.3 Å². The van der Waals surface area contributed by atoms with Gasteiger partial charge in [-0.3, -0.25) is 14.5 Å². The number of rotatable bonds is 6. The molecule has 0 aliphatic carbocycles. The summed E-state index contributed by atoms with van der Waals surface area (Å²) >= 11 is 0. The number of phenolic OH excluding ortho intramolecular Hbond substituents is 1. The molecule has 0 spiro atoms. The molecule has 0 aliphatic heterocycles. The fourth-order valence-electron chi connectivity index (χ4n) is 2.38. The maximum absolute atomic E-state index is 11.6.